The lowest BCUT2D eigenvalue weighted by Gasteiger charge is -2.36. The minimum Gasteiger partial charge on any atom is -0.426 e. The maximum absolute atomic E-state index is 11.4. The van der Waals surface area contributed by atoms with Crippen LogP contribution in [0.3, 0.4) is 0 Å². The summed E-state index contributed by atoms with van der Waals surface area (Å²) in [6.07, 6.45) is 3.08. The molecule has 2 aliphatic rings. The summed E-state index contributed by atoms with van der Waals surface area (Å²) in [4.78, 5) is 11.4. The fourth-order valence-corrected chi connectivity index (χ4v) is 2.16. The molecule has 2 aliphatic heterocycles. The Labute approximate surface area is 84.1 Å². The lowest BCUT2D eigenvalue weighted by molar-refractivity contribution is -0.234. The number of hydrogen-bond acceptors (Lipinski definition) is 3. The number of hydrogen-bond donors (Lipinski definition) is 0. The molecule has 0 aliphatic carbocycles. The summed E-state index contributed by atoms with van der Waals surface area (Å²) in [5.74, 6) is -0.949. The van der Waals surface area contributed by atoms with Gasteiger partial charge in [0.2, 0.25) is 5.79 Å². The third-order valence-corrected chi connectivity index (χ3v) is 3.21. The van der Waals surface area contributed by atoms with Crippen molar-refractivity contribution in [3.8, 4) is 0 Å². The molecule has 14 heavy (non-hydrogen) atoms. The molecule has 0 N–H and O–H groups in total. The van der Waals surface area contributed by atoms with Crippen molar-refractivity contribution in [2.45, 2.75) is 51.9 Å². The Bertz CT molecular complexity index is 306. The number of carbonyl (C=O) groups excluding carboxylic acids is 1. The van der Waals surface area contributed by atoms with Crippen LogP contribution < -0.4 is 0 Å². The predicted octanol–water partition coefficient (Wildman–Crippen LogP) is 2.16. The highest BCUT2D eigenvalue weighted by Gasteiger charge is 2.47. The molecule has 2 heterocycles. The van der Waals surface area contributed by atoms with Crippen LogP contribution in [0.2, 0.25) is 0 Å². The zero-order chi connectivity index (χ0) is 10.3. The predicted molar refractivity (Wildman–Crippen MR) is 51.6 cm³/mol. The lowest BCUT2D eigenvalue weighted by Crippen LogP contribution is -2.41. The molecule has 0 aromatic rings. The highest BCUT2D eigenvalue weighted by atomic mass is 16.7. The lowest BCUT2D eigenvalue weighted by atomic mass is 9.95. The largest absolute Gasteiger partial charge is 0.426 e. The molecule has 0 aromatic heterocycles. The smallest absolute Gasteiger partial charge is 0.336 e. The van der Waals surface area contributed by atoms with Gasteiger partial charge in [-0.15, -0.1) is 0 Å². The molecule has 1 spiro atoms. The molecule has 0 saturated carbocycles. The van der Waals surface area contributed by atoms with Crippen molar-refractivity contribution in [3.63, 3.8) is 0 Å². The normalized spacial score (nSPS) is 37.9. The van der Waals surface area contributed by atoms with Crippen LogP contribution in [0.5, 0.6) is 0 Å². The summed E-state index contributed by atoms with van der Waals surface area (Å²) < 4.78 is 11.1. The highest BCUT2D eigenvalue weighted by Crippen LogP contribution is 2.41. The van der Waals surface area contributed by atoms with Crippen molar-refractivity contribution in [2.75, 3.05) is 0 Å². The van der Waals surface area contributed by atoms with E-state index in [0.717, 1.165) is 24.8 Å². The Balaban J connectivity index is 2.30. The van der Waals surface area contributed by atoms with E-state index >= 15 is 0 Å². The maximum atomic E-state index is 11.4. The molecular formula is C11H16O3. The molecule has 2 rings (SSSR count). The van der Waals surface area contributed by atoms with Gasteiger partial charge >= 0.3 is 5.97 Å². The van der Waals surface area contributed by atoms with Crippen molar-refractivity contribution < 1.29 is 14.3 Å². The van der Waals surface area contributed by atoms with Gasteiger partial charge < -0.3 is 9.47 Å². The van der Waals surface area contributed by atoms with Crippen molar-refractivity contribution in [1.82, 2.24) is 0 Å². The van der Waals surface area contributed by atoms with Crippen LogP contribution in [0, 0.1) is 0 Å². The van der Waals surface area contributed by atoms with Crippen molar-refractivity contribution in [1.29, 1.82) is 0 Å². The second-order valence-corrected chi connectivity index (χ2v) is 4.21. The minimum absolute atomic E-state index is 0.178. The van der Waals surface area contributed by atoms with E-state index in [1.807, 2.05) is 13.8 Å². The summed E-state index contributed by atoms with van der Waals surface area (Å²) in [5, 5.41) is 0. The summed E-state index contributed by atoms with van der Waals surface area (Å²) in [6.45, 7) is 5.75. The van der Waals surface area contributed by atoms with E-state index in [0.29, 0.717) is 5.57 Å². The molecule has 0 amide bonds. The van der Waals surface area contributed by atoms with Gasteiger partial charge in [0.1, 0.15) is 0 Å². The molecule has 2 atom stereocenters. The van der Waals surface area contributed by atoms with E-state index in [-0.39, 0.29) is 12.1 Å². The van der Waals surface area contributed by atoms with Gasteiger partial charge in [0.15, 0.2) is 0 Å². The first-order valence-electron chi connectivity index (χ1n) is 5.14. The topological polar surface area (TPSA) is 35.5 Å². The van der Waals surface area contributed by atoms with E-state index < -0.39 is 5.79 Å². The van der Waals surface area contributed by atoms with Gasteiger partial charge in [-0.05, 0) is 33.6 Å². The monoisotopic (exact) mass is 196 g/mol. The average Bonchev–Trinajstić information content (AvgIpc) is 2.31. The van der Waals surface area contributed by atoms with Crippen LogP contribution in [-0.2, 0) is 14.3 Å². The molecule has 3 nitrogen and oxygen atoms in total. The molecule has 3 heteroatoms. The molecule has 78 valence electrons. The Hall–Kier alpha value is -0.830. The Morgan fingerprint density at radius 3 is 2.64 bits per heavy atom. The van der Waals surface area contributed by atoms with Gasteiger partial charge in [-0.3, -0.25) is 0 Å². The number of esters is 1. The molecule has 0 radical (unpaired) electrons. The zero-order valence-electron chi connectivity index (χ0n) is 8.92. The number of ether oxygens (including phenoxy) is 2. The second kappa shape index (κ2) is 3.09. The molecule has 1 saturated heterocycles. The van der Waals surface area contributed by atoms with Crippen LogP contribution in [-0.4, -0.2) is 17.9 Å². The quantitative estimate of drug-likeness (QED) is 0.557. The SMILES string of the molecule is CC1=C(C)[C@]2(CCC[C@H](C)O2)OC1=O. The van der Waals surface area contributed by atoms with Gasteiger partial charge in [0, 0.05) is 17.6 Å². The Morgan fingerprint density at radius 1 is 1.43 bits per heavy atom. The second-order valence-electron chi connectivity index (χ2n) is 4.21. The Morgan fingerprint density at radius 2 is 2.14 bits per heavy atom. The fourth-order valence-electron chi connectivity index (χ4n) is 2.16. The van der Waals surface area contributed by atoms with Crippen LogP contribution in [0.1, 0.15) is 40.0 Å². The van der Waals surface area contributed by atoms with Crippen LogP contribution in [0.15, 0.2) is 11.1 Å². The first-order valence-corrected chi connectivity index (χ1v) is 5.14. The summed E-state index contributed by atoms with van der Waals surface area (Å²) in [7, 11) is 0. The maximum Gasteiger partial charge on any atom is 0.336 e. The molecule has 1 fully saturated rings. The number of rotatable bonds is 0. The van der Waals surface area contributed by atoms with E-state index in [2.05, 4.69) is 0 Å². The van der Waals surface area contributed by atoms with Crippen LogP contribution >= 0.6 is 0 Å². The van der Waals surface area contributed by atoms with Crippen LogP contribution in [0.25, 0.3) is 0 Å². The molecule has 0 aromatic carbocycles. The van der Waals surface area contributed by atoms with Gasteiger partial charge in [-0.25, -0.2) is 4.79 Å². The summed E-state index contributed by atoms with van der Waals surface area (Å²) in [5.41, 5.74) is 1.66. The number of carbonyl (C=O) groups is 1. The van der Waals surface area contributed by atoms with Crippen molar-refractivity contribution in [3.05, 3.63) is 11.1 Å². The first-order chi connectivity index (χ1) is 6.55. The molecular weight excluding hydrogens is 180 g/mol. The fraction of sp³-hybridized carbons (Fsp3) is 0.727. The van der Waals surface area contributed by atoms with E-state index in [4.69, 9.17) is 9.47 Å². The van der Waals surface area contributed by atoms with Crippen molar-refractivity contribution in [2.24, 2.45) is 0 Å². The molecule has 0 unspecified atom stereocenters. The summed E-state index contributed by atoms with van der Waals surface area (Å²) >= 11 is 0. The first kappa shape index (κ1) is 9.71. The average molecular weight is 196 g/mol. The van der Waals surface area contributed by atoms with E-state index in [1.165, 1.54) is 0 Å². The summed E-state index contributed by atoms with van der Waals surface area (Å²) in [6, 6.07) is 0. The van der Waals surface area contributed by atoms with Gasteiger partial charge in [0.05, 0.1) is 6.10 Å². The minimum atomic E-state index is -0.723. The van der Waals surface area contributed by atoms with Crippen LogP contribution in [0.4, 0.5) is 0 Å². The van der Waals surface area contributed by atoms with Gasteiger partial charge in [0.25, 0.3) is 0 Å². The van der Waals surface area contributed by atoms with Gasteiger partial charge in [-0.1, -0.05) is 0 Å². The van der Waals surface area contributed by atoms with E-state index in [1.54, 1.807) is 6.92 Å². The van der Waals surface area contributed by atoms with Crippen molar-refractivity contribution >= 4 is 5.97 Å². The van der Waals surface area contributed by atoms with E-state index in [9.17, 15) is 4.79 Å². The third kappa shape index (κ3) is 1.27. The Kier molecular flexibility index (Phi) is 2.14. The standard InChI is InChI=1S/C11H16O3/c1-7-5-4-6-11(13-7)9(3)8(2)10(12)14-11/h7H,4-6H2,1-3H3/t7-,11-/m0/s1. The third-order valence-electron chi connectivity index (χ3n) is 3.21. The van der Waals surface area contributed by atoms with Gasteiger partial charge in [-0.2, -0.15) is 0 Å². The molecule has 0 bridgehead atoms. The zero-order valence-corrected chi connectivity index (χ0v) is 8.92. The highest BCUT2D eigenvalue weighted by molar-refractivity contribution is 5.92.